The van der Waals surface area contributed by atoms with Crippen LogP contribution in [0.4, 0.5) is 0 Å². The number of benzene rings is 1. The highest BCUT2D eigenvalue weighted by Crippen LogP contribution is 2.47. The molecule has 0 spiro atoms. The van der Waals surface area contributed by atoms with Crippen LogP contribution >= 0.6 is 0 Å². The Morgan fingerprint density at radius 2 is 1.93 bits per heavy atom. The van der Waals surface area contributed by atoms with Crippen LogP contribution in [-0.2, 0) is 16.0 Å². The maximum Gasteiger partial charge on any atom is 0.186 e. The van der Waals surface area contributed by atoms with E-state index in [0.717, 1.165) is 74.5 Å². The smallest absolute Gasteiger partial charge is 0.186 e. The average molecular weight is 624 g/mol. The van der Waals surface area contributed by atoms with Gasteiger partial charge in [0.1, 0.15) is 0 Å². The number of allylic oxidation sites excluding steroid dienone is 2. The number of ether oxygens (including phenoxy) is 2. The number of phenolic OH excluding ortho intramolecular Hbond substituents is 1. The molecule has 6 N–H and O–H groups in total. The van der Waals surface area contributed by atoms with Crippen molar-refractivity contribution in [3.8, 4) is 23.3 Å². The molecule has 1 aromatic carbocycles. The molecule has 8 nitrogen and oxygen atoms in total. The van der Waals surface area contributed by atoms with Gasteiger partial charge in [-0.15, -0.1) is 0 Å². The molecule has 250 valence electrons. The number of hydrogen-bond acceptors (Lipinski definition) is 6. The van der Waals surface area contributed by atoms with E-state index in [4.69, 9.17) is 20.9 Å². The number of aliphatic hydroxyl groups is 1. The largest absolute Gasteiger partial charge is 0.504 e. The van der Waals surface area contributed by atoms with E-state index >= 15 is 0 Å². The van der Waals surface area contributed by atoms with E-state index in [9.17, 15) is 15.0 Å². The zero-order chi connectivity index (χ0) is 32.8. The molecule has 0 radical (unpaired) electrons. The lowest BCUT2D eigenvalue weighted by Gasteiger charge is -2.32. The third-order valence-corrected chi connectivity index (χ3v) is 9.33. The maximum atomic E-state index is 13.1. The van der Waals surface area contributed by atoms with Crippen LogP contribution in [-0.4, -0.2) is 54.4 Å². The number of phenols is 1. The second-order valence-corrected chi connectivity index (χ2v) is 13.3. The number of guanidine groups is 1. The SMILES string of the molecule is CCC(C=CC(=O)CCc1cc(OC2CCCC2)c(O)c2c1C#CCC(N=C(N)N)CCC(COC)C2CCC(C)C)CCO. The number of hydrogen-bond donors (Lipinski definition) is 4. The molecular weight excluding hydrogens is 566 g/mol. The summed E-state index contributed by atoms with van der Waals surface area (Å²) in [6.07, 6.45) is 14.0. The minimum Gasteiger partial charge on any atom is -0.504 e. The zero-order valence-electron chi connectivity index (χ0n) is 28.0. The summed E-state index contributed by atoms with van der Waals surface area (Å²) < 4.78 is 12.3. The van der Waals surface area contributed by atoms with Crippen molar-refractivity contribution in [3.63, 3.8) is 0 Å². The Bertz CT molecular complexity index is 1200. The summed E-state index contributed by atoms with van der Waals surface area (Å²) in [4.78, 5) is 17.5. The molecule has 0 aliphatic heterocycles. The second kappa shape index (κ2) is 18.8. The number of carbonyl (C=O) groups is 1. The summed E-state index contributed by atoms with van der Waals surface area (Å²) >= 11 is 0. The monoisotopic (exact) mass is 623 g/mol. The first-order valence-electron chi connectivity index (χ1n) is 17.1. The lowest BCUT2D eigenvalue weighted by molar-refractivity contribution is -0.114. The number of aryl methyl sites for hydroxylation is 1. The van der Waals surface area contributed by atoms with Gasteiger partial charge in [-0.1, -0.05) is 45.1 Å². The Balaban J connectivity index is 2.15. The molecule has 4 atom stereocenters. The normalized spacial score (nSPS) is 21.2. The van der Waals surface area contributed by atoms with Gasteiger partial charge in [0.2, 0.25) is 0 Å². The molecule has 8 heteroatoms. The van der Waals surface area contributed by atoms with Crippen LogP contribution in [0.15, 0.2) is 23.2 Å². The summed E-state index contributed by atoms with van der Waals surface area (Å²) in [5, 5.41) is 21.3. The fraction of sp³-hybridized carbons (Fsp3) is 0.676. The topological polar surface area (TPSA) is 140 Å². The van der Waals surface area contributed by atoms with Crippen LogP contribution in [0.3, 0.4) is 0 Å². The molecule has 0 bridgehead atoms. The summed E-state index contributed by atoms with van der Waals surface area (Å²) in [6, 6.07) is 1.79. The molecule has 2 aliphatic rings. The van der Waals surface area contributed by atoms with E-state index in [1.54, 1.807) is 13.2 Å². The number of nitrogens with zero attached hydrogens (tertiary/aromatic N) is 1. The molecule has 0 aromatic heterocycles. The summed E-state index contributed by atoms with van der Waals surface area (Å²) in [5.74, 6) is 8.25. The van der Waals surface area contributed by atoms with E-state index < -0.39 is 0 Å². The van der Waals surface area contributed by atoms with Crippen molar-refractivity contribution in [1.82, 2.24) is 0 Å². The molecule has 3 rings (SSSR count). The van der Waals surface area contributed by atoms with E-state index in [1.165, 1.54) is 0 Å². The van der Waals surface area contributed by atoms with Gasteiger partial charge >= 0.3 is 0 Å². The van der Waals surface area contributed by atoms with E-state index in [-0.39, 0.29) is 54.0 Å². The highest BCUT2D eigenvalue weighted by Gasteiger charge is 2.33. The van der Waals surface area contributed by atoms with Crippen LogP contribution < -0.4 is 16.2 Å². The van der Waals surface area contributed by atoms with Crippen molar-refractivity contribution in [2.45, 2.75) is 122 Å². The number of aliphatic imine (C=N–C) groups is 1. The van der Waals surface area contributed by atoms with Crippen LogP contribution in [0, 0.1) is 29.6 Å². The Hall–Kier alpha value is -3.02. The summed E-state index contributed by atoms with van der Waals surface area (Å²) in [6.45, 7) is 7.13. The van der Waals surface area contributed by atoms with E-state index in [1.807, 2.05) is 12.1 Å². The van der Waals surface area contributed by atoms with E-state index in [0.29, 0.717) is 44.0 Å². The number of fused-ring (bicyclic) bond motifs is 1. The van der Waals surface area contributed by atoms with E-state index in [2.05, 4.69) is 37.6 Å². The quantitative estimate of drug-likeness (QED) is 0.0750. The molecule has 1 aromatic rings. The predicted octanol–water partition coefficient (Wildman–Crippen LogP) is 6.14. The van der Waals surface area contributed by atoms with Crippen LogP contribution in [0.5, 0.6) is 11.5 Å². The van der Waals surface area contributed by atoms with Gasteiger partial charge in [0.15, 0.2) is 23.2 Å². The zero-order valence-corrected chi connectivity index (χ0v) is 28.0. The Morgan fingerprint density at radius 3 is 2.58 bits per heavy atom. The standard InChI is InChI=1S/C37H57N3O5/c1-5-26(21-22-41)14-18-30(42)19-16-27-23-34(45-31-10-6-7-11-31)36(43)35-32(27)12-8-9-29(40-37(38)39)17-15-28(24-44-4)33(35)20-13-25(2)3/h14,18,23,25-26,28-29,31,33,41,43H,5-7,9-11,13,15-17,19-22,24H2,1-4H3,(H4,38,39,40). The van der Waals surface area contributed by atoms with Crippen molar-refractivity contribution in [1.29, 1.82) is 0 Å². The summed E-state index contributed by atoms with van der Waals surface area (Å²) in [5.41, 5.74) is 14.1. The number of rotatable bonds is 16. The second-order valence-electron chi connectivity index (χ2n) is 13.3. The van der Waals surface area contributed by atoms with Gasteiger partial charge in [-0.2, -0.15) is 0 Å². The minimum absolute atomic E-state index is 0.0279. The van der Waals surface area contributed by atoms with Gasteiger partial charge in [0.05, 0.1) is 12.1 Å². The first-order chi connectivity index (χ1) is 21.7. The highest BCUT2D eigenvalue weighted by atomic mass is 16.5. The predicted molar refractivity (Wildman–Crippen MR) is 181 cm³/mol. The number of carbonyl (C=O) groups excluding carboxylic acids is 1. The van der Waals surface area contributed by atoms with Crippen molar-refractivity contribution >= 4 is 11.7 Å². The fourth-order valence-corrected chi connectivity index (χ4v) is 6.72. The third-order valence-electron chi connectivity index (χ3n) is 9.33. The first-order valence-corrected chi connectivity index (χ1v) is 17.1. The molecule has 45 heavy (non-hydrogen) atoms. The molecule has 0 heterocycles. The molecule has 1 fully saturated rings. The van der Waals surface area contributed by atoms with Crippen molar-refractivity contribution < 1.29 is 24.5 Å². The van der Waals surface area contributed by atoms with Crippen molar-refractivity contribution in [3.05, 3.63) is 34.9 Å². The number of aliphatic hydroxyl groups excluding tert-OH is 1. The van der Waals surface area contributed by atoms with Gasteiger partial charge < -0.3 is 31.2 Å². The third kappa shape index (κ3) is 11.4. The van der Waals surface area contributed by atoms with Crippen LogP contribution in [0.2, 0.25) is 0 Å². The summed E-state index contributed by atoms with van der Waals surface area (Å²) in [7, 11) is 1.72. The van der Waals surface area contributed by atoms with Crippen LogP contribution in [0.1, 0.15) is 120 Å². The molecule has 2 aliphatic carbocycles. The number of methoxy groups -OCH3 is 1. The Morgan fingerprint density at radius 1 is 1.18 bits per heavy atom. The van der Waals surface area contributed by atoms with Gasteiger partial charge in [-0.25, -0.2) is 4.99 Å². The van der Waals surface area contributed by atoms with Gasteiger partial charge in [-0.05, 0) is 106 Å². The Kier molecular flexibility index (Phi) is 15.3. The maximum absolute atomic E-state index is 13.1. The molecule has 4 unspecified atom stereocenters. The van der Waals surface area contributed by atoms with Gasteiger partial charge in [0, 0.05) is 44.3 Å². The van der Waals surface area contributed by atoms with Crippen molar-refractivity contribution in [2.75, 3.05) is 20.3 Å². The minimum atomic E-state index is -0.131. The van der Waals surface area contributed by atoms with Gasteiger partial charge in [-0.3, -0.25) is 4.79 Å². The van der Waals surface area contributed by atoms with Gasteiger partial charge in [0.25, 0.3) is 0 Å². The van der Waals surface area contributed by atoms with Crippen molar-refractivity contribution in [2.24, 2.45) is 34.2 Å². The molecular formula is C37H57N3O5. The highest BCUT2D eigenvalue weighted by molar-refractivity contribution is 5.89. The molecule has 1 saturated carbocycles. The molecule has 0 amide bonds. The number of nitrogens with two attached hydrogens (primary N) is 2. The number of aromatic hydroxyl groups is 1. The molecule has 0 saturated heterocycles. The lowest BCUT2D eigenvalue weighted by Crippen LogP contribution is -2.27. The number of ketones is 1. The lowest BCUT2D eigenvalue weighted by atomic mass is 9.75. The average Bonchev–Trinajstić information content (AvgIpc) is 3.51. The fourth-order valence-electron chi connectivity index (χ4n) is 6.72. The Labute approximate surface area is 271 Å². The first kappa shape index (κ1) is 36.4. The van der Waals surface area contributed by atoms with Crippen LogP contribution in [0.25, 0.3) is 0 Å².